The molecule has 9 heteroatoms. The van der Waals surface area contributed by atoms with Crippen LogP contribution in [0, 0.1) is 11.3 Å². The van der Waals surface area contributed by atoms with Gasteiger partial charge in [-0.1, -0.05) is 27.7 Å². The zero-order valence-electron chi connectivity index (χ0n) is 20.6. The fourth-order valence-electron chi connectivity index (χ4n) is 4.36. The zero-order valence-corrected chi connectivity index (χ0v) is 21.4. The van der Waals surface area contributed by atoms with Gasteiger partial charge in [-0.25, -0.2) is 13.4 Å². The summed E-state index contributed by atoms with van der Waals surface area (Å²) >= 11 is 0. The average molecular weight is 481 g/mol. The van der Waals surface area contributed by atoms with E-state index in [2.05, 4.69) is 30.7 Å². The molecule has 8 nitrogen and oxygen atoms in total. The van der Waals surface area contributed by atoms with Crippen molar-refractivity contribution in [1.82, 2.24) is 14.2 Å². The molecule has 1 aromatic rings. The second-order valence-corrected chi connectivity index (χ2v) is 12.5. The van der Waals surface area contributed by atoms with Gasteiger partial charge in [-0.3, -0.25) is 4.79 Å². The fourth-order valence-corrected chi connectivity index (χ4v) is 5.85. The molecule has 0 N–H and O–H groups in total. The van der Waals surface area contributed by atoms with E-state index in [-0.39, 0.29) is 17.1 Å². The number of nitrogens with zero attached hydrogens (tertiary/aromatic N) is 4. The number of hydrogen-bond donors (Lipinski definition) is 0. The third-order valence-corrected chi connectivity index (χ3v) is 8.35. The number of hydrogen-bond acceptors (Lipinski definition) is 6. The molecule has 0 spiro atoms. The van der Waals surface area contributed by atoms with Gasteiger partial charge in [0.05, 0.1) is 18.6 Å². The number of rotatable bonds is 8. The van der Waals surface area contributed by atoms with Crippen LogP contribution >= 0.6 is 0 Å². The van der Waals surface area contributed by atoms with Gasteiger partial charge in [0.25, 0.3) is 0 Å². The summed E-state index contributed by atoms with van der Waals surface area (Å²) < 4.78 is 32.0. The number of aromatic nitrogens is 1. The highest BCUT2D eigenvalue weighted by Crippen LogP contribution is 2.25. The molecular formula is C24H40N4O4S. The van der Waals surface area contributed by atoms with E-state index in [0.29, 0.717) is 51.5 Å². The van der Waals surface area contributed by atoms with Crippen LogP contribution in [0.3, 0.4) is 0 Å². The maximum atomic E-state index is 12.4. The highest BCUT2D eigenvalue weighted by molar-refractivity contribution is 7.89. The highest BCUT2D eigenvalue weighted by Gasteiger charge is 2.27. The molecule has 3 heterocycles. The number of ether oxygens (including phenoxy) is 1. The van der Waals surface area contributed by atoms with Crippen molar-refractivity contribution >= 4 is 21.7 Å². The molecule has 2 aliphatic rings. The van der Waals surface area contributed by atoms with Crippen molar-refractivity contribution in [2.24, 2.45) is 11.3 Å². The van der Waals surface area contributed by atoms with E-state index in [1.165, 1.54) is 0 Å². The maximum absolute atomic E-state index is 12.4. The summed E-state index contributed by atoms with van der Waals surface area (Å²) in [5.74, 6) is 2.51. The van der Waals surface area contributed by atoms with Crippen molar-refractivity contribution < 1.29 is 17.9 Å². The molecule has 0 atom stereocenters. The van der Waals surface area contributed by atoms with E-state index >= 15 is 0 Å². The molecule has 2 saturated heterocycles. The van der Waals surface area contributed by atoms with Crippen LogP contribution in [0.15, 0.2) is 18.3 Å². The number of sulfonamides is 1. The largest absolute Gasteiger partial charge is 0.492 e. The molecular weight excluding hydrogens is 440 g/mol. The molecule has 0 aromatic carbocycles. The van der Waals surface area contributed by atoms with Crippen molar-refractivity contribution in [3.63, 3.8) is 0 Å². The third-order valence-electron chi connectivity index (χ3n) is 6.27. The summed E-state index contributed by atoms with van der Waals surface area (Å²) in [6.45, 7) is 12.7. The van der Waals surface area contributed by atoms with Gasteiger partial charge in [-0.15, -0.1) is 0 Å². The number of carbonyl (C=O) groups is 1. The summed E-state index contributed by atoms with van der Waals surface area (Å²) in [6, 6.07) is 3.88. The van der Waals surface area contributed by atoms with Crippen LogP contribution in [0.25, 0.3) is 0 Å². The maximum Gasteiger partial charge on any atom is 0.223 e. The highest BCUT2D eigenvalue weighted by atomic mass is 32.2. The molecule has 1 amide bonds. The Kier molecular flexibility index (Phi) is 8.61. The molecule has 0 aliphatic carbocycles. The van der Waals surface area contributed by atoms with Gasteiger partial charge in [0.1, 0.15) is 11.6 Å². The monoisotopic (exact) mass is 480 g/mol. The Hall–Kier alpha value is -1.87. The van der Waals surface area contributed by atoms with Gasteiger partial charge in [0, 0.05) is 45.7 Å². The molecule has 2 aliphatic heterocycles. The summed E-state index contributed by atoms with van der Waals surface area (Å²) in [6.07, 6.45) is 4.91. The molecule has 33 heavy (non-hydrogen) atoms. The number of amides is 1. The van der Waals surface area contributed by atoms with Gasteiger partial charge in [-0.2, -0.15) is 4.31 Å². The third kappa shape index (κ3) is 7.57. The normalized spacial score (nSPS) is 19.0. The Morgan fingerprint density at radius 3 is 2.30 bits per heavy atom. The lowest BCUT2D eigenvalue weighted by Crippen LogP contribution is -2.49. The topological polar surface area (TPSA) is 83.1 Å². The first-order chi connectivity index (χ1) is 15.6. The predicted octanol–water partition coefficient (Wildman–Crippen LogP) is 3.00. The van der Waals surface area contributed by atoms with Crippen molar-refractivity contribution in [3.05, 3.63) is 18.3 Å². The van der Waals surface area contributed by atoms with Gasteiger partial charge >= 0.3 is 0 Å². The van der Waals surface area contributed by atoms with E-state index in [9.17, 15) is 13.2 Å². The summed E-state index contributed by atoms with van der Waals surface area (Å²) in [7, 11) is -3.14. The van der Waals surface area contributed by atoms with Crippen molar-refractivity contribution in [3.8, 4) is 5.75 Å². The second kappa shape index (κ2) is 11.0. The smallest absolute Gasteiger partial charge is 0.223 e. The van der Waals surface area contributed by atoms with E-state index in [0.717, 1.165) is 37.5 Å². The van der Waals surface area contributed by atoms with Gasteiger partial charge < -0.3 is 14.5 Å². The van der Waals surface area contributed by atoms with Gasteiger partial charge in [0.15, 0.2) is 0 Å². The lowest BCUT2D eigenvalue weighted by molar-refractivity contribution is -0.134. The number of anilines is 1. The number of carbonyl (C=O) groups excluding carboxylic acids is 1. The minimum absolute atomic E-state index is 0.0243. The predicted molar refractivity (Wildman–Crippen MR) is 131 cm³/mol. The lowest BCUT2D eigenvalue weighted by atomic mass is 9.90. The van der Waals surface area contributed by atoms with Crippen LogP contribution in [0.5, 0.6) is 5.75 Å². The Balaban J connectivity index is 1.41. The van der Waals surface area contributed by atoms with Crippen molar-refractivity contribution in [2.45, 2.75) is 53.4 Å². The Bertz CT molecular complexity index is 867. The number of likely N-dealkylation sites (tertiary alicyclic amines) is 1. The minimum Gasteiger partial charge on any atom is -0.492 e. The molecule has 0 radical (unpaired) electrons. The fraction of sp³-hybridized carbons (Fsp3) is 0.750. The lowest BCUT2D eigenvalue weighted by Gasteiger charge is -2.34. The number of piperazine rings is 1. The minimum atomic E-state index is -3.14. The zero-order chi connectivity index (χ0) is 24.1. The first-order valence-electron chi connectivity index (χ1n) is 12.2. The molecule has 1 aromatic heterocycles. The van der Waals surface area contributed by atoms with Gasteiger partial charge in [-0.05, 0) is 42.7 Å². The molecule has 0 bridgehead atoms. The van der Waals surface area contributed by atoms with Crippen LogP contribution in [0.2, 0.25) is 0 Å². The van der Waals surface area contributed by atoms with Crippen LogP contribution < -0.4 is 9.64 Å². The molecule has 0 saturated carbocycles. The van der Waals surface area contributed by atoms with Crippen LogP contribution in [0.4, 0.5) is 5.82 Å². The van der Waals surface area contributed by atoms with Crippen LogP contribution in [0.1, 0.15) is 53.4 Å². The second-order valence-electron chi connectivity index (χ2n) is 10.4. The first kappa shape index (κ1) is 25.7. The van der Waals surface area contributed by atoms with Crippen LogP contribution in [-0.4, -0.2) is 80.1 Å². The average Bonchev–Trinajstić information content (AvgIpc) is 2.77. The molecule has 0 unspecified atom stereocenters. The van der Waals surface area contributed by atoms with Gasteiger partial charge in [0.2, 0.25) is 15.9 Å². The quantitative estimate of drug-likeness (QED) is 0.569. The Morgan fingerprint density at radius 1 is 1.09 bits per heavy atom. The summed E-state index contributed by atoms with van der Waals surface area (Å²) in [5, 5.41) is 0. The standard InChI is InChI=1S/C24H40N4O4S/c1-5-16-33(30,31)28-14-12-26(13-15-28)22-7-6-21(18-25-22)32-19-20-8-10-27(11-9-20)23(29)17-24(2,3)4/h6-7,18,20H,5,8-17,19H2,1-4H3. The molecule has 3 rings (SSSR count). The molecule has 186 valence electrons. The summed E-state index contributed by atoms with van der Waals surface area (Å²) in [5.41, 5.74) is 0.0243. The number of pyridine rings is 1. The van der Waals surface area contributed by atoms with Crippen molar-refractivity contribution in [1.29, 1.82) is 0 Å². The first-order valence-corrected chi connectivity index (χ1v) is 13.8. The summed E-state index contributed by atoms with van der Waals surface area (Å²) in [4.78, 5) is 21.1. The molecule has 2 fully saturated rings. The van der Waals surface area contributed by atoms with E-state index < -0.39 is 10.0 Å². The van der Waals surface area contributed by atoms with Crippen molar-refractivity contribution in [2.75, 3.05) is 56.5 Å². The van der Waals surface area contributed by atoms with E-state index in [4.69, 9.17) is 4.74 Å². The van der Waals surface area contributed by atoms with E-state index in [1.807, 2.05) is 24.0 Å². The van der Waals surface area contributed by atoms with E-state index in [1.54, 1.807) is 10.5 Å². The Labute approximate surface area is 199 Å². The number of piperidine rings is 1. The van der Waals surface area contributed by atoms with Crippen LogP contribution in [-0.2, 0) is 14.8 Å². The SMILES string of the molecule is CCCS(=O)(=O)N1CCN(c2ccc(OCC3CCN(C(=O)CC(C)(C)C)CC3)cn2)CC1. The Morgan fingerprint density at radius 2 is 1.76 bits per heavy atom.